The van der Waals surface area contributed by atoms with Gasteiger partial charge in [0, 0.05) is 18.8 Å². The lowest BCUT2D eigenvalue weighted by Crippen LogP contribution is -2.42. The normalized spacial score (nSPS) is 10.4. The van der Waals surface area contributed by atoms with Crippen LogP contribution in [0.15, 0.2) is 48.7 Å². The van der Waals surface area contributed by atoms with Crippen molar-refractivity contribution >= 4 is 23.2 Å². The Bertz CT molecular complexity index is 883. The third-order valence-electron chi connectivity index (χ3n) is 3.49. The summed E-state index contributed by atoms with van der Waals surface area (Å²) in [6, 6.07) is 13.1. The second-order valence-electron chi connectivity index (χ2n) is 5.21. The molecule has 2 N–H and O–H groups in total. The first-order valence-electron chi connectivity index (χ1n) is 7.31. The highest BCUT2D eigenvalue weighted by Crippen LogP contribution is 2.27. The number of hydrogen-bond acceptors (Lipinski definition) is 4. The van der Waals surface area contributed by atoms with Crippen LogP contribution in [0.3, 0.4) is 0 Å². The summed E-state index contributed by atoms with van der Waals surface area (Å²) in [5.41, 5.74) is 6.90. The summed E-state index contributed by atoms with van der Waals surface area (Å²) < 4.78 is 1.67. The molecular formula is C17H16N4O2S. The van der Waals surface area contributed by atoms with Crippen LogP contribution in [0.1, 0.15) is 25.9 Å². The van der Waals surface area contributed by atoms with E-state index >= 15 is 0 Å². The molecule has 2 heterocycles. The molecule has 0 saturated carbocycles. The summed E-state index contributed by atoms with van der Waals surface area (Å²) in [7, 11) is 1.76. The van der Waals surface area contributed by atoms with E-state index in [-0.39, 0.29) is 11.8 Å². The number of carbonyl (C=O) groups is 2. The van der Waals surface area contributed by atoms with Crippen molar-refractivity contribution in [2.24, 2.45) is 7.05 Å². The number of carbonyl (C=O) groups excluding carboxylic acids is 2. The summed E-state index contributed by atoms with van der Waals surface area (Å²) in [4.78, 5) is 29.2. The summed E-state index contributed by atoms with van der Waals surface area (Å²) >= 11 is 1.29. The van der Waals surface area contributed by atoms with Crippen LogP contribution in [0.5, 0.6) is 0 Å². The lowest BCUT2D eigenvalue weighted by molar-refractivity contribution is 0.0843. The summed E-state index contributed by atoms with van der Waals surface area (Å²) in [6.07, 6.45) is 1.76. The molecule has 0 unspecified atom stereocenters. The van der Waals surface area contributed by atoms with E-state index in [4.69, 9.17) is 0 Å². The van der Waals surface area contributed by atoms with E-state index in [0.717, 1.165) is 10.6 Å². The van der Waals surface area contributed by atoms with Crippen molar-refractivity contribution in [2.45, 2.75) is 6.92 Å². The molecule has 0 fully saturated rings. The first kappa shape index (κ1) is 15.9. The van der Waals surface area contributed by atoms with E-state index in [2.05, 4.69) is 15.8 Å². The van der Waals surface area contributed by atoms with Crippen molar-refractivity contribution in [2.75, 3.05) is 0 Å². The molecule has 2 aromatic heterocycles. The Labute approximate surface area is 143 Å². The quantitative estimate of drug-likeness (QED) is 0.720. The summed E-state index contributed by atoms with van der Waals surface area (Å²) in [5.74, 6) is -0.754. The van der Waals surface area contributed by atoms with Gasteiger partial charge in [-0.15, -0.1) is 11.3 Å². The van der Waals surface area contributed by atoms with Crippen LogP contribution in [0.4, 0.5) is 0 Å². The standard InChI is InChI=1S/C17H16N4O2S/c1-11-14(24-17(18-11)12-7-4-3-5-8-12)16(23)20-19-15(22)13-9-6-10-21(13)2/h3-10H,1-2H3,(H,19,22)(H,20,23). The average Bonchev–Trinajstić information content (AvgIpc) is 3.19. The summed E-state index contributed by atoms with van der Waals surface area (Å²) in [6.45, 7) is 1.77. The van der Waals surface area contributed by atoms with Crippen LogP contribution in [-0.4, -0.2) is 21.4 Å². The molecule has 3 aromatic rings. The fourth-order valence-corrected chi connectivity index (χ4v) is 3.21. The number of hydrogen-bond donors (Lipinski definition) is 2. The zero-order valence-corrected chi connectivity index (χ0v) is 14.1. The van der Waals surface area contributed by atoms with Crippen LogP contribution in [0, 0.1) is 6.92 Å². The molecule has 122 valence electrons. The van der Waals surface area contributed by atoms with Crippen LogP contribution < -0.4 is 10.9 Å². The van der Waals surface area contributed by atoms with Crippen LogP contribution >= 0.6 is 11.3 Å². The molecule has 24 heavy (non-hydrogen) atoms. The Morgan fingerprint density at radius 1 is 1.04 bits per heavy atom. The summed E-state index contributed by atoms with van der Waals surface area (Å²) in [5, 5.41) is 0.770. The lowest BCUT2D eigenvalue weighted by Gasteiger charge is -2.07. The topological polar surface area (TPSA) is 76.0 Å². The highest BCUT2D eigenvalue weighted by atomic mass is 32.1. The van der Waals surface area contributed by atoms with Gasteiger partial charge in [0.1, 0.15) is 15.6 Å². The van der Waals surface area contributed by atoms with Gasteiger partial charge in [0.2, 0.25) is 0 Å². The Morgan fingerprint density at radius 3 is 2.42 bits per heavy atom. The number of nitrogens with zero attached hydrogens (tertiary/aromatic N) is 2. The molecule has 0 aliphatic heterocycles. The van der Waals surface area contributed by atoms with Crippen molar-refractivity contribution in [1.29, 1.82) is 0 Å². The number of amides is 2. The number of aryl methyl sites for hydroxylation is 2. The lowest BCUT2D eigenvalue weighted by atomic mass is 10.2. The van der Waals surface area contributed by atoms with E-state index in [0.29, 0.717) is 16.3 Å². The molecule has 6 nitrogen and oxygen atoms in total. The Balaban J connectivity index is 1.71. The van der Waals surface area contributed by atoms with Gasteiger partial charge in [-0.3, -0.25) is 20.4 Å². The predicted molar refractivity (Wildman–Crippen MR) is 92.6 cm³/mol. The van der Waals surface area contributed by atoms with Gasteiger partial charge < -0.3 is 4.57 Å². The van der Waals surface area contributed by atoms with Gasteiger partial charge in [0.15, 0.2) is 0 Å². The Morgan fingerprint density at radius 2 is 1.75 bits per heavy atom. The third kappa shape index (κ3) is 3.21. The second-order valence-corrected chi connectivity index (χ2v) is 6.21. The zero-order chi connectivity index (χ0) is 17.1. The number of thiazole rings is 1. The van der Waals surface area contributed by atoms with E-state index in [1.54, 1.807) is 36.9 Å². The molecule has 7 heteroatoms. The smallest absolute Gasteiger partial charge is 0.286 e. The number of hydrazine groups is 1. The first-order chi connectivity index (χ1) is 11.6. The molecule has 2 amide bonds. The Hall–Kier alpha value is -2.93. The second kappa shape index (κ2) is 6.67. The van der Waals surface area contributed by atoms with Gasteiger partial charge in [-0.1, -0.05) is 30.3 Å². The zero-order valence-electron chi connectivity index (χ0n) is 13.2. The van der Waals surface area contributed by atoms with Crippen molar-refractivity contribution in [3.63, 3.8) is 0 Å². The molecule has 0 saturated heterocycles. The van der Waals surface area contributed by atoms with Crippen LogP contribution in [0.25, 0.3) is 10.6 Å². The number of benzene rings is 1. The maximum atomic E-state index is 12.3. The fraction of sp³-hybridized carbons (Fsp3) is 0.118. The predicted octanol–water partition coefficient (Wildman–Crippen LogP) is 2.53. The van der Waals surface area contributed by atoms with E-state index in [1.807, 2.05) is 30.3 Å². The number of aromatic nitrogens is 2. The van der Waals surface area contributed by atoms with Crippen molar-refractivity contribution < 1.29 is 9.59 Å². The molecule has 0 atom stereocenters. The molecule has 3 rings (SSSR count). The fourth-order valence-electron chi connectivity index (χ4n) is 2.24. The minimum Gasteiger partial charge on any atom is -0.347 e. The van der Waals surface area contributed by atoms with Gasteiger partial charge in [-0.25, -0.2) is 4.98 Å². The molecule has 0 spiro atoms. The molecule has 0 bridgehead atoms. The van der Waals surface area contributed by atoms with Gasteiger partial charge in [-0.2, -0.15) is 0 Å². The van der Waals surface area contributed by atoms with Gasteiger partial charge >= 0.3 is 0 Å². The highest BCUT2D eigenvalue weighted by Gasteiger charge is 2.17. The average molecular weight is 340 g/mol. The molecule has 0 radical (unpaired) electrons. The highest BCUT2D eigenvalue weighted by molar-refractivity contribution is 7.17. The SMILES string of the molecule is Cc1nc(-c2ccccc2)sc1C(=O)NNC(=O)c1cccn1C. The third-order valence-corrected chi connectivity index (χ3v) is 4.69. The van der Waals surface area contributed by atoms with Crippen LogP contribution in [0.2, 0.25) is 0 Å². The Kier molecular flexibility index (Phi) is 4.43. The van der Waals surface area contributed by atoms with Crippen LogP contribution in [-0.2, 0) is 7.05 Å². The van der Waals surface area contributed by atoms with E-state index in [9.17, 15) is 9.59 Å². The molecule has 1 aromatic carbocycles. The number of rotatable bonds is 3. The van der Waals surface area contributed by atoms with Crippen molar-refractivity contribution in [3.05, 3.63) is 64.9 Å². The van der Waals surface area contributed by atoms with Gasteiger partial charge in [0.05, 0.1) is 5.69 Å². The molecular weight excluding hydrogens is 324 g/mol. The maximum absolute atomic E-state index is 12.3. The monoisotopic (exact) mass is 340 g/mol. The van der Waals surface area contributed by atoms with E-state index in [1.165, 1.54) is 11.3 Å². The molecule has 0 aliphatic rings. The van der Waals surface area contributed by atoms with Crippen molar-refractivity contribution in [1.82, 2.24) is 20.4 Å². The van der Waals surface area contributed by atoms with Gasteiger partial charge in [-0.05, 0) is 19.1 Å². The molecule has 0 aliphatic carbocycles. The maximum Gasteiger partial charge on any atom is 0.286 e. The minimum absolute atomic E-state index is 0.374. The first-order valence-corrected chi connectivity index (χ1v) is 8.13. The largest absolute Gasteiger partial charge is 0.347 e. The minimum atomic E-state index is -0.380. The number of nitrogens with one attached hydrogen (secondary N) is 2. The van der Waals surface area contributed by atoms with Gasteiger partial charge in [0.25, 0.3) is 11.8 Å². The van der Waals surface area contributed by atoms with Crippen molar-refractivity contribution in [3.8, 4) is 10.6 Å². The van der Waals surface area contributed by atoms with E-state index < -0.39 is 0 Å².